The maximum Gasteiger partial charge on any atom is 0.273 e. The Labute approximate surface area is 75.8 Å². The van der Waals surface area contributed by atoms with E-state index in [-0.39, 0.29) is 0 Å². The summed E-state index contributed by atoms with van der Waals surface area (Å²) in [6.07, 6.45) is 4.45. The minimum absolute atomic E-state index is 0.324. The number of nitrogens with one attached hydrogen (secondary N) is 1. The third kappa shape index (κ3) is 1.95. The van der Waals surface area contributed by atoms with Crippen molar-refractivity contribution in [3.05, 3.63) is 11.6 Å². The highest BCUT2D eigenvalue weighted by Gasteiger charge is 2.14. The van der Waals surface area contributed by atoms with Crippen molar-refractivity contribution in [2.45, 2.75) is 18.9 Å². The quantitative estimate of drug-likeness (QED) is 0.751. The molecule has 1 aromatic heterocycles. The summed E-state index contributed by atoms with van der Waals surface area (Å²) < 4.78 is 5.64. The summed E-state index contributed by atoms with van der Waals surface area (Å²) in [7, 11) is 0. The van der Waals surface area contributed by atoms with Crippen molar-refractivity contribution >= 4 is 11.3 Å². The fourth-order valence-electron chi connectivity index (χ4n) is 1.33. The van der Waals surface area contributed by atoms with Crippen molar-refractivity contribution in [1.82, 2.24) is 10.3 Å². The van der Waals surface area contributed by atoms with E-state index in [0.717, 1.165) is 24.7 Å². The van der Waals surface area contributed by atoms with Gasteiger partial charge in [-0.2, -0.15) is 0 Å². The monoisotopic (exact) mass is 184 g/mol. The van der Waals surface area contributed by atoms with Gasteiger partial charge in [0.1, 0.15) is 6.10 Å². The van der Waals surface area contributed by atoms with Crippen LogP contribution < -0.4 is 10.1 Å². The van der Waals surface area contributed by atoms with Crippen molar-refractivity contribution in [2.75, 3.05) is 13.1 Å². The minimum atomic E-state index is 0.324. The molecule has 4 heteroatoms. The molecule has 1 aliphatic rings. The maximum atomic E-state index is 5.64. The number of hydrogen-bond donors (Lipinski definition) is 1. The smallest absolute Gasteiger partial charge is 0.273 e. The van der Waals surface area contributed by atoms with Crippen molar-refractivity contribution < 1.29 is 4.74 Å². The summed E-state index contributed by atoms with van der Waals surface area (Å²) in [5.41, 5.74) is 0. The van der Waals surface area contributed by atoms with Gasteiger partial charge in [0.05, 0.1) is 0 Å². The summed E-state index contributed by atoms with van der Waals surface area (Å²) in [5.74, 6) is 0. The lowest BCUT2D eigenvalue weighted by molar-refractivity contribution is 0.166. The molecule has 0 spiro atoms. The third-order valence-electron chi connectivity index (χ3n) is 1.93. The van der Waals surface area contributed by atoms with Gasteiger partial charge >= 0.3 is 0 Å². The second-order valence-corrected chi connectivity index (χ2v) is 3.74. The maximum absolute atomic E-state index is 5.64. The van der Waals surface area contributed by atoms with Gasteiger partial charge in [0.2, 0.25) is 0 Å². The SMILES string of the molecule is c1csc(O[C@@H]2CCCNC2)n1. The summed E-state index contributed by atoms with van der Waals surface area (Å²) >= 11 is 1.56. The molecule has 1 atom stereocenters. The summed E-state index contributed by atoms with van der Waals surface area (Å²) in [6.45, 7) is 2.08. The van der Waals surface area contributed by atoms with E-state index in [9.17, 15) is 0 Å². The van der Waals surface area contributed by atoms with Crippen LogP contribution in [0.2, 0.25) is 0 Å². The first-order valence-electron chi connectivity index (χ1n) is 4.22. The number of ether oxygens (including phenoxy) is 1. The number of nitrogens with zero attached hydrogens (tertiary/aromatic N) is 1. The van der Waals surface area contributed by atoms with Gasteiger partial charge in [-0.3, -0.25) is 0 Å². The van der Waals surface area contributed by atoms with E-state index in [1.54, 1.807) is 17.5 Å². The zero-order chi connectivity index (χ0) is 8.23. The molecule has 0 bridgehead atoms. The Bertz CT molecular complexity index is 219. The molecule has 66 valence electrons. The van der Waals surface area contributed by atoms with Gasteiger partial charge in [0.15, 0.2) is 0 Å². The van der Waals surface area contributed by atoms with Crippen LogP contribution in [0.4, 0.5) is 0 Å². The van der Waals surface area contributed by atoms with Gasteiger partial charge in [-0.15, -0.1) is 0 Å². The molecule has 1 N–H and O–H groups in total. The highest BCUT2D eigenvalue weighted by Crippen LogP contribution is 2.17. The minimum Gasteiger partial charge on any atom is -0.465 e. The first kappa shape index (κ1) is 8.01. The molecule has 12 heavy (non-hydrogen) atoms. The number of aromatic nitrogens is 1. The molecule has 1 aliphatic heterocycles. The molecule has 0 saturated carbocycles. The van der Waals surface area contributed by atoms with Crippen molar-refractivity contribution in [1.29, 1.82) is 0 Å². The lowest BCUT2D eigenvalue weighted by Gasteiger charge is -2.22. The van der Waals surface area contributed by atoms with Crippen molar-refractivity contribution in [3.8, 4) is 5.19 Å². The first-order valence-corrected chi connectivity index (χ1v) is 5.10. The lowest BCUT2D eigenvalue weighted by Crippen LogP contribution is -2.37. The van der Waals surface area contributed by atoms with Crippen LogP contribution in [0.5, 0.6) is 5.19 Å². The van der Waals surface area contributed by atoms with Gasteiger partial charge in [-0.1, -0.05) is 11.3 Å². The summed E-state index contributed by atoms with van der Waals surface area (Å²) in [6, 6.07) is 0. The number of thiazole rings is 1. The van der Waals surface area contributed by atoms with E-state index in [1.165, 1.54) is 6.42 Å². The number of rotatable bonds is 2. The third-order valence-corrected chi connectivity index (χ3v) is 2.59. The van der Waals surface area contributed by atoms with Crippen LogP contribution >= 0.6 is 11.3 Å². The van der Waals surface area contributed by atoms with E-state index >= 15 is 0 Å². The van der Waals surface area contributed by atoms with Crippen LogP contribution in [0.25, 0.3) is 0 Å². The normalized spacial score (nSPS) is 23.8. The van der Waals surface area contributed by atoms with Crippen LogP contribution in [0.1, 0.15) is 12.8 Å². The number of piperidine rings is 1. The van der Waals surface area contributed by atoms with Crippen LogP contribution in [-0.2, 0) is 0 Å². The van der Waals surface area contributed by atoms with Gasteiger partial charge < -0.3 is 10.1 Å². The molecule has 0 radical (unpaired) electrons. The Balaban J connectivity index is 1.86. The topological polar surface area (TPSA) is 34.1 Å². The molecule has 1 saturated heterocycles. The van der Waals surface area contributed by atoms with E-state index < -0.39 is 0 Å². The first-order chi connectivity index (χ1) is 5.95. The second kappa shape index (κ2) is 3.87. The average Bonchev–Trinajstić information content (AvgIpc) is 2.59. The summed E-state index contributed by atoms with van der Waals surface area (Å²) in [4.78, 5) is 4.08. The zero-order valence-electron chi connectivity index (χ0n) is 6.82. The fourth-order valence-corrected chi connectivity index (χ4v) is 1.88. The summed E-state index contributed by atoms with van der Waals surface area (Å²) in [5, 5.41) is 6.03. The second-order valence-electron chi connectivity index (χ2n) is 2.88. The van der Waals surface area contributed by atoms with E-state index in [4.69, 9.17) is 4.74 Å². The molecule has 0 amide bonds. The van der Waals surface area contributed by atoms with Crippen molar-refractivity contribution in [3.63, 3.8) is 0 Å². The van der Waals surface area contributed by atoms with Crippen LogP contribution in [0.15, 0.2) is 11.6 Å². The van der Waals surface area contributed by atoms with Crippen LogP contribution in [0.3, 0.4) is 0 Å². The molecule has 3 nitrogen and oxygen atoms in total. The van der Waals surface area contributed by atoms with Gasteiger partial charge in [0, 0.05) is 18.1 Å². The lowest BCUT2D eigenvalue weighted by atomic mass is 10.1. The van der Waals surface area contributed by atoms with E-state index in [1.807, 2.05) is 5.38 Å². The Hall–Kier alpha value is -0.610. The molecule has 0 unspecified atom stereocenters. The van der Waals surface area contributed by atoms with Gasteiger partial charge in [-0.05, 0) is 19.4 Å². The van der Waals surface area contributed by atoms with Crippen molar-refractivity contribution in [2.24, 2.45) is 0 Å². The predicted octanol–water partition coefficient (Wildman–Crippen LogP) is 1.27. The molecule has 2 heterocycles. The Morgan fingerprint density at radius 1 is 1.67 bits per heavy atom. The largest absolute Gasteiger partial charge is 0.465 e. The van der Waals surface area contributed by atoms with Gasteiger partial charge in [0.25, 0.3) is 5.19 Å². The predicted molar refractivity (Wildman–Crippen MR) is 48.6 cm³/mol. The van der Waals surface area contributed by atoms with Crippen LogP contribution in [0, 0.1) is 0 Å². The molecule has 0 aliphatic carbocycles. The highest BCUT2D eigenvalue weighted by molar-refractivity contribution is 7.11. The Morgan fingerprint density at radius 3 is 3.33 bits per heavy atom. The molecule has 2 rings (SSSR count). The standard InChI is InChI=1S/C8H12N2OS/c1-2-7(6-9-3-1)11-8-10-4-5-12-8/h4-5,7,9H,1-3,6H2/t7-/m1/s1. The van der Waals surface area contributed by atoms with Crippen LogP contribution in [-0.4, -0.2) is 24.2 Å². The molecular formula is C8H12N2OS. The van der Waals surface area contributed by atoms with Gasteiger partial charge in [-0.25, -0.2) is 4.98 Å². The molecule has 1 aromatic rings. The highest BCUT2D eigenvalue weighted by atomic mass is 32.1. The molecule has 0 aromatic carbocycles. The van der Waals surface area contributed by atoms with E-state index in [0.29, 0.717) is 6.10 Å². The van der Waals surface area contributed by atoms with E-state index in [2.05, 4.69) is 10.3 Å². The zero-order valence-corrected chi connectivity index (χ0v) is 7.64. The Kier molecular flexibility index (Phi) is 2.58. The Morgan fingerprint density at radius 2 is 2.67 bits per heavy atom. The average molecular weight is 184 g/mol. The fraction of sp³-hybridized carbons (Fsp3) is 0.625. The molecule has 1 fully saturated rings. The molecular weight excluding hydrogens is 172 g/mol. The number of hydrogen-bond acceptors (Lipinski definition) is 4.